The van der Waals surface area contributed by atoms with Gasteiger partial charge in [-0.15, -0.1) is 0 Å². The van der Waals surface area contributed by atoms with E-state index in [2.05, 4.69) is 5.32 Å². The normalized spacial score (nSPS) is 13.7. The Morgan fingerprint density at radius 3 is 2.09 bits per heavy atom. The molecule has 2 amide bonds. The van der Waals surface area contributed by atoms with Crippen LogP contribution in [0.15, 0.2) is 66.7 Å². The molecule has 2 aliphatic heterocycles. The molecule has 0 bridgehead atoms. The van der Waals surface area contributed by atoms with Crippen molar-refractivity contribution in [2.24, 2.45) is 0 Å². The Labute approximate surface area is 191 Å². The van der Waals surface area contributed by atoms with Crippen LogP contribution in [-0.4, -0.2) is 34.9 Å². The molecule has 1 N–H and O–H groups in total. The summed E-state index contributed by atoms with van der Waals surface area (Å²) in [6.45, 7) is -0.239. The molecule has 3 aromatic carbocycles. The first-order valence-electron chi connectivity index (χ1n) is 9.84. The Hall–Kier alpha value is -5.00. The van der Waals surface area contributed by atoms with E-state index in [-0.39, 0.29) is 36.4 Å². The fourth-order valence-corrected chi connectivity index (χ4v) is 3.29. The summed E-state index contributed by atoms with van der Waals surface area (Å²) in [5.41, 5.74) is 1.56. The predicted molar refractivity (Wildman–Crippen MR) is 119 cm³/mol. The van der Waals surface area contributed by atoms with E-state index in [1.165, 1.54) is 41.3 Å². The van der Waals surface area contributed by atoms with Crippen LogP contribution >= 0.6 is 0 Å². The highest BCUT2D eigenvalue weighted by molar-refractivity contribution is 6.04. The minimum absolute atomic E-state index is 0.0556. The summed E-state index contributed by atoms with van der Waals surface area (Å²) in [5.74, 6) is 0.199. The smallest absolute Gasteiger partial charge is 0.273 e. The molecular weight excluding hydrogens is 448 g/mol. The summed E-state index contributed by atoms with van der Waals surface area (Å²) in [6.07, 6.45) is 0. The van der Waals surface area contributed by atoms with Crippen molar-refractivity contribution in [3.05, 3.63) is 87.0 Å². The van der Waals surface area contributed by atoms with E-state index in [0.717, 1.165) is 0 Å². The summed E-state index contributed by atoms with van der Waals surface area (Å²) >= 11 is 0. The van der Waals surface area contributed by atoms with E-state index in [0.29, 0.717) is 28.6 Å². The second-order valence-electron chi connectivity index (χ2n) is 7.04. The maximum atomic E-state index is 12.0. The van der Waals surface area contributed by atoms with Crippen molar-refractivity contribution in [3.8, 4) is 11.5 Å². The molecule has 0 saturated heterocycles. The molecule has 5 rings (SSSR count). The second kappa shape index (κ2) is 9.24. The number of nitrogens with one attached hydrogen (secondary N) is 1. The van der Waals surface area contributed by atoms with Gasteiger partial charge < -0.3 is 14.8 Å². The molecule has 0 fully saturated rings. The number of hydrogen-bond acceptors (Lipinski definition) is 8. The number of fused-ring (bicyclic) bond motifs is 2. The predicted octanol–water partition coefficient (Wildman–Crippen LogP) is 3.58. The van der Waals surface area contributed by atoms with Gasteiger partial charge >= 0.3 is 0 Å². The van der Waals surface area contributed by atoms with Gasteiger partial charge in [0.2, 0.25) is 0 Å². The number of ether oxygens (including phenoxy) is 2. The summed E-state index contributed by atoms with van der Waals surface area (Å²) in [6, 6.07) is 17.4. The molecule has 0 unspecified atom stereocenters. The van der Waals surface area contributed by atoms with E-state index in [1.54, 1.807) is 12.1 Å². The van der Waals surface area contributed by atoms with Gasteiger partial charge in [0.25, 0.3) is 23.2 Å². The van der Waals surface area contributed by atoms with Crippen molar-refractivity contribution >= 4 is 40.3 Å². The van der Waals surface area contributed by atoms with Gasteiger partial charge in [0, 0.05) is 17.8 Å². The molecule has 0 aliphatic carbocycles. The first kappa shape index (κ1) is 22.2. The lowest BCUT2D eigenvalue weighted by atomic mass is 10.2. The summed E-state index contributed by atoms with van der Waals surface area (Å²) in [4.78, 5) is 44.6. The average molecular weight is 464 g/mol. The molecular formula is C22H16N4O8. The van der Waals surface area contributed by atoms with Gasteiger partial charge in [0.15, 0.2) is 19.0 Å². The molecule has 0 aromatic heterocycles. The molecule has 0 radical (unpaired) electrons. The number of carbonyl (C=O) groups excluding carboxylic acids is 2. The summed E-state index contributed by atoms with van der Waals surface area (Å²) in [5, 5.41) is 23.7. The number of nitro benzene ring substituents is 2. The number of non-ortho nitro benzene ring substituents is 2. The van der Waals surface area contributed by atoms with Crippen molar-refractivity contribution in [2.75, 3.05) is 23.4 Å². The fraction of sp³-hybridized carbons (Fsp3) is 0.0909. The average Bonchev–Trinajstić information content (AvgIpc) is 2.84. The number of nitrogens with zero attached hydrogens (tertiary/aromatic N) is 3. The Balaban J connectivity index is 0.000000172. The van der Waals surface area contributed by atoms with Crippen LogP contribution in [0.25, 0.3) is 0 Å². The van der Waals surface area contributed by atoms with Gasteiger partial charge in [-0.05, 0) is 24.3 Å². The van der Waals surface area contributed by atoms with E-state index >= 15 is 0 Å². The first-order chi connectivity index (χ1) is 16.3. The Morgan fingerprint density at radius 2 is 1.41 bits per heavy atom. The first-order valence-corrected chi connectivity index (χ1v) is 9.84. The molecule has 0 spiro atoms. The monoisotopic (exact) mass is 464 g/mol. The van der Waals surface area contributed by atoms with E-state index < -0.39 is 9.85 Å². The standard InChI is InChI=1S/C14H10N2O4.C8H6N2O4/c17-14-9-20-13-8-11(16(18)19)6-7-12(13)15(14)10-4-2-1-3-5-10;11-8-4-14-7-3-5(10(12)13)1-2-6(7)9-8/h1-8H,9H2;1-3H,4H2,(H,9,11). The molecule has 0 saturated carbocycles. The lowest BCUT2D eigenvalue weighted by Gasteiger charge is -2.29. The third-order valence-electron chi connectivity index (χ3n) is 4.82. The highest BCUT2D eigenvalue weighted by atomic mass is 16.6. The van der Waals surface area contributed by atoms with Gasteiger partial charge in [-0.1, -0.05) is 18.2 Å². The Bertz CT molecular complexity index is 1300. The quantitative estimate of drug-likeness (QED) is 0.456. The van der Waals surface area contributed by atoms with Crippen LogP contribution in [0.2, 0.25) is 0 Å². The van der Waals surface area contributed by atoms with Crippen LogP contribution in [0, 0.1) is 20.2 Å². The van der Waals surface area contributed by atoms with Crippen LogP contribution in [-0.2, 0) is 9.59 Å². The van der Waals surface area contributed by atoms with Gasteiger partial charge in [-0.25, -0.2) is 0 Å². The number of amides is 2. The van der Waals surface area contributed by atoms with Crippen molar-refractivity contribution in [1.82, 2.24) is 0 Å². The van der Waals surface area contributed by atoms with Crippen LogP contribution in [0.3, 0.4) is 0 Å². The lowest BCUT2D eigenvalue weighted by molar-refractivity contribution is -0.385. The van der Waals surface area contributed by atoms with E-state index in [9.17, 15) is 29.8 Å². The van der Waals surface area contributed by atoms with Gasteiger partial charge in [-0.3, -0.25) is 34.7 Å². The lowest BCUT2D eigenvalue weighted by Crippen LogP contribution is -2.35. The highest BCUT2D eigenvalue weighted by Crippen LogP contribution is 2.39. The number of hydrogen-bond donors (Lipinski definition) is 1. The zero-order valence-corrected chi connectivity index (χ0v) is 17.4. The van der Waals surface area contributed by atoms with Gasteiger partial charge in [0.05, 0.1) is 33.4 Å². The number of carbonyl (C=O) groups is 2. The van der Waals surface area contributed by atoms with Crippen molar-refractivity contribution in [1.29, 1.82) is 0 Å². The molecule has 3 aromatic rings. The third-order valence-corrected chi connectivity index (χ3v) is 4.82. The maximum absolute atomic E-state index is 12.0. The third kappa shape index (κ3) is 4.60. The Morgan fingerprint density at radius 1 is 0.794 bits per heavy atom. The highest BCUT2D eigenvalue weighted by Gasteiger charge is 2.28. The fourth-order valence-electron chi connectivity index (χ4n) is 3.29. The van der Waals surface area contributed by atoms with Crippen LogP contribution in [0.5, 0.6) is 11.5 Å². The molecule has 2 aliphatic rings. The van der Waals surface area contributed by atoms with Crippen molar-refractivity contribution in [2.45, 2.75) is 0 Å². The maximum Gasteiger partial charge on any atom is 0.273 e. The van der Waals surface area contributed by atoms with E-state index in [1.807, 2.05) is 18.2 Å². The number of nitro groups is 2. The minimum atomic E-state index is -0.514. The summed E-state index contributed by atoms with van der Waals surface area (Å²) < 4.78 is 10.3. The molecule has 0 atom stereocenters. The Kier molecular flexibility index (Phi) is 6.03. The summed E-state index contributed by atoms with van der Waals surface area (Å²) in [7, 11) is 0. The van der Waals surface area contributed by atoms with Gasteiger partial charge in [-0.2, -0.15) is 0 Å². The topological polar surface area (TPSA) is 154 Å². The van der Waals surface area contributed by atoms with Gasteiger partial charge in [0.1, 0.15) is 5.75 Å². The van der Waals surface area contributed by atoms with Crippen molar-refractivity contribution in [3.63, 3.8) is 0 Å². The van der Waals surface area contributed by atoms with Crippen LogP contribution < -0.4 is 19.7 Å². The minimum Gasteiger partial charge on any atom is -0.481 e. The largest absolute Gasteiger partial charge is 0.481 e. The molecule has 12 nitrogen and oxygen atoms in total. The molecule has 2 heterocycles. The number of anilines is 3. The number of benzene rings is 3. The SMILES string of the molecule is O=C1COc2cc([N+](=O)[O-])ccc2N1.O=C1COc2cc([N+](=O)[O-])ccc2N1c1ccccc1. The number of para-hydroxylation sites is 1. The molecule has 34 heavy (non-hydrogen) atoms. The molecule has 12 heteroatoms. The van der Waals surface area contributed by atoms with E-state index in [4.69, 9.17) is 9.47 Å². The zero-order chi connectivity index (χ0) is 24.2. The number of rotatable bonds is 3. The van der Waals surface area contributed by atoms with Crippen molar-refractivity contribution < 1.29 is 28.9 Å². The second-order valence-corrected chi connectivity index (χ2v) is 7.04. The zero-order valence-electron chi connectivity index (χ0n) is 17.4. The van der Waals surface area contributed by atoms with Crippen LogP contribution in [0.1, 0.15) is 0 Å². The molecule has 172 valence electrons. The van der Waals surface area contributed by atoms with Crippen LogP contribution in [0.4, 0.5) is 28.4 Å².